The summed E-state index contributed by atoms with van der Waals surface area (Å²) in [4.78, 5) is 30.6. The lowest BCUT2D eigenvalue weighted by Gasteiger charge is -2.24. The van der Waals surface area contributed by atoms with Gasteiger partial charge in [-0.1, -0.05) is 24.9 Å². The molecule has 190 valence electrons. The molecule has 5 rings (SSSR count). The molecule has 2 N–H and O–H groups in total. The lowest BCUT2D eigenvalue weighted by atomic mass is 10.1. The van der Waals surface area contributed by atoms with Gasteiger partial charge in [-0.2, -0.15) is 0 Å². The van der Waals surface area contributed by atoms with Crippen molar-refractivity contribution in [1.82, 2.24) is 20.5 Å². The van der Waals surface area contributed by atoms with E-state index >= 15 is 0 Å². The van der Waals surface area contributed by atoms with Gasteiger partial charge in [-0.3, -0.25) is 19.7 Å². The van der Waals surface area contributed by atoms with Gasteiger partial charge in [0.15, 0.2) is 0 Å². The van der Waals surface area contributed by atoms with E-state index in [9.17, 15) is 4.79 Å². The lowest BCUT2D eigenvalue weighted by molar-refractivity contribution is -0.122. The van der Waals surface area contributed by atoms with E-state index in [0.29, 0.717) is 31.2 Å². The molecule has 8 nitrogen and oxygen atoms in total. The number of halogens is 1. The maximum atomic E-state index is 12.5. The molecule has 6 bridgehead atoms. The number of aliphatic imine (C=N–C) groups is 2. The molecule has 2 aromatic rings. The molecule has 0 saturated heterocycles. The second kappa shape index (κ2) is 12.6. The molecule has 0 radical (unpaired) electrons. The number of benzene rings is 1. The Kier molecular flexibility index (Phi) is 9.08. The van der Waals surface area contributed by atoms with Gasteiger partial charge in [-0.25, -0.2) is 4.99 Å². The number of aromatic nitrogens is 1. The number of amidine groups is 1. The van der Waals surface area contributed by atoms with Crippen molar-refractivity contribution < 1.29 is 4.79 Å². The van der Waals surface area contributed by atoms with Gasteiger partial charge in [0, 0.05) is 48.3 Å². The van der Waals surface area contributed by atoms with E-state index in [-0.39, 0.29) is 5.91 Å². The van der Waals surface area contributed by atoms with E-state index in [1.165, 1.54) is 0 Å². The number of hydrogen-bond donors (Lipinski definition) is 2. The first-order valence-electron chi connectivity index (χ1n) is 12.5. The number of likely N-dealkylation sites (N-methyl/N-ethyl adjacent to an activating group) is 1. The van der Waals surface area contributed by atoms with Crippen LogP contribution in [0.25, 0.3) is 0 Å². The molecule has 0 fully saturated rings. The maximum Gasteiger partial charge on any atom is 0.234 e. The standard InChI is InChI=1S/C27H34ClN7O/c1-3-35-17-20-13-22(28)16-24(14-20)34(2)25-9-12-31-27(33-19-32-25)21-8-11-29-23(15-21)7-5-4-6-10-30-26(36)18-35/h8-9,11,13-16,19H,3-7,10,12,17-18H2,1-2H3,(H,30,36)(H,31,32,33). The van der Waals surface area contributed by atoms with Crippen molar-refractivity contribution in [3.8, 4) is 0 Å². The Morgan fingerprint density at radius 3 is 2.86 bits per heavy atom. The number of carbonyl (C=O) groups is 1. The van der Waals surface area contributed by atoms with Crippen molar-refractivity contribution in [3.05, 3.63) is 70.3 Å². The largest absolute Gasteiger partial charge is 0.355 e. The predicted molar refractivity (Wildman–Crippen MR) is 147 cm³/mol. The zero-order valence-electron chi connectivity index (χ0n) is 21.0. The van der Waals surface area contributed by atoms with Crippen LogP contribution < -0.4 is 15.5 Å². The first-order valence-corrected chi connectivity index (χ1v) is 12.9. The summed E-state index contributed by atoms with van der Waals surface area (Å²) in [5, 5.41) is 6.95. The SMILES string of the molecule is CCN1CC(=O)NCCCCCc2cc(ccn2)C2=NCC=C(N=CN2)N(C)c2cc(Cl)cc(c2)C1. The average Bonchev–Trinajstić information content (AvgIpc) is 2.84. The molecule has 0 unspecified atom stereocenters. The number of rotatable bonds is 1. The quantitative estimate of drug-likeness (QED) is 0.614. The summed E-state index contributed by atoms with van der Waals surface area (Å²) in [6.45, 7) is 4.99. The number of carbonyl (C=O) groups excluding carboxylic acids is 1. The van der Waals surface area contributed by atoms with Gasteiger partial charge in [-0.15, -0.1) is 0 Å². The molecule has 1 amide bonds. The first-order chi connectivity index (χ1) is 17.5. The Hall–Kier alpha value is -3.23. The highest BCUT2D eigenvalue weighted by Crippen LogP contribution is 2.26. The number of pyridine rings is 1. The summed E-state index contributed by atoms with van der Waals surface area (Å²) >= 11 is 6.49. The first kappa shape index (κ1) is 25.9. The van der Waals surface area contributed by atoms with Crippen molar-refractivity contribution in [2.45, 2.75) is 39.2 Å². The van der Waals surface area contributed by atoms with Gasteiger partial charge in [0.1, 0.15) is 11.7 Å². The van der Waals surface area contributed by atoms with Gasteiger partial charge in [0.05, 0.1) is 19.4 Å². The minimum Gasteiger partial charge on any atom is -0.355 e. The highest BCUT2D eigenvalue weighted by atomic mass is 35.5. The third kappa shape index (κ3) is 7.15. The molecule has 4 heterocycles. The third-order valence-electron chi connectivity index (χ3n) is 6.34. The molecule has 0 atom stereocenters. The van der Waals surface area contributed by atoms with E-state index in [4.69, 9.17) is 16.6 Å². The number of anilines is 1. The van der Waals surface area contributed by atoms with Gasteiger partial charge < -0.3 is 15.5 Å². The van der Waals surface area contributed by atoms with Crippen LogP contribution >= 0.6 is 11.6 Å². The zero-order valence-corrected chi connectivity index (χ0v) is 21.8. The summed E-state index contributed by atoms with van der Waals surface area (Å²) in [7, 11) is 1.96. The van der Waals surface area contributed by atoms with Crippen molar-refractivity contribution >= 4 is 35.4 Å². The number of amides is 1. The number of fused-ring (bicyclic) bond motifs is 12. The summed E-state index contributed by atoms with van der Waals surface area (Å²) in [6.07, 6.45) is 9.38. The lowest BCUT2D eigenvalue weighted by Crippen LogP contribution is -2.37. The summed E-state index contributed by atoms with van der Waals surface area (Å²) in [5.41, 5.74) is 4.00. The number of nitrogens with zero attached hydrogens (tertiary/aromatic N) is 5. The Bertz CT molecular complexity index is 1160. The second-order valence-electron chi connectivity index (χ2n) is 9.03. The second-order valence-corrected chi connectivity index (χ2v) is 9.47. The van der Waals surface area contributed by atoms with Gasteiger partial charge in [-0.05, 0) is 67.8 Å². The van der Waals surface area contributed by atoms with Crippen LogP contribution in [0.15, 0.2) is 58.4 Å². The topological polar surface area (TPSA) is 85.2 Å². The van der Waals surface area contributed by atoms with E-state index in [0.717, 1.165) is 66.4 Å². The molecule has 0 aliphatic carbocycles. The minimum absolute atomic E-state index is 0.0498. The zero-order chi connectivity index (χ0) is 25.3. The maximum absolute atomic E-state index is 12.5. The van der Waals surface area contributed by atoms with E-state index < -0.39 is 0 Å². The van der Waals surface area contributed by atoms with Crippen LogP contribution in [0.2, 0.25) is 5.02 Å². The van der Waals surface area contributed by atoms with Crippen LogP contribution in [-0.4, -0.2) is 61.2 Å². The summed E-state index contributed by atoms with van der Waals surface area (Å²) in [5.74, 6) is 1.59. The van der Waals surface area contributed by atoms with Gasteiger partial charge >= 0.3 is 0 Å². The summed E-state index contributed by atoms with van der Waals surface area (Å²) < 4.78 is 0. The molecule has 9 heteroatoms. The van der Waals surface area contributed by atoms with Crippen molar-refractivity contribution in [3.63, 3.8) is 0 Å². The molecule has 1 aromatic carbocycles. The minimum atomic E-state index is 0.0498. The molecule has 3 aliphatic heterocycles. The fourth-order valence-corrected chi connectivity index (χ4v) is 4.57. The molecular weight excluding hydrogens is 474 g/mol. The molecular formula is C27H34ClN7O. The normalized spacial score (nSPS) is 18.2. The fraction of sp³-hybridized carbons (Fsp3) is 0.407. The Balaban J connectivity index is 1.62. The molecule has 36 heavy (non-hydrogen) atoms. The van der Waals surface area contributed by atoms with Crippen LogP contribution in [0, 0.1) is 0 Å². The van der Waals surface area contributed by atoms with E-state index in [2.05, 4.69) is 44.6 Å². The molecule has 0 spiro atoms. The number of aryl methyl sites for hydroxylation is 1. The van der Waals surface area contributed by atoms with Crippen molar-refractivity contribution in [2.24, 2.45) is 9.98 Å². The molecule has 3 aliphatic rings. The van der Waals surface area contributed by atoms with Crippen molar-refractivity contribution in [2.75, 3.05) is 38.1 Å². The van der Waals surface area contributed by atoms with Gasteiger partial charge in [0.25, 0.3) is 0 Å². The fourth-order valence-electron chi connectivity index (χ4n) is 4.32. The Morgan fingerprint density at radius 1 is 1.11 bits per heavy atom. The van der Waals surface area contributed by atoms with E-state index in [1.54, 1.807) is 6.34 Å². The van der Waals surface area contributed by atoms with Gasteiger partial charge in [0.2, 0.25) is 5.91 Å². The predicted octanol–water partition coefficient (Wildman–Crippen LogP) is 3.76. The highest BCUT2D eigenvalue weighted by molar-refractivity contribution is 6.31. The van der Waals surface area contributed by atoms with Crippen molar-refractivity contribution in [1.29, 1.82) is 0 Å². The number of nitrogens with one attached hydrogen (secondary N) is 2. The number of hydrogen-bond acceptors (Lipinski definition) is 7. The smallest absolute Gasteiger partial charge is 0.234 e. The van der Waals surface area contributed by atoms with Crippen LogP contribution in [0.3, 0.4) is 0 Å². The highest BCUT2D eigenvalue weighted by Gasteiger charge is 2.14. The van der Waals surface area contributed by atoms with E-state index in [1.807, 2.05) is 42.4 Å². The van der Waals surface area contributed by atoms with Crippen LogP contribution in [0.4, 0.5) is 5.69 Å². The summed E-state index contributed by atoms with van der Waals surface area (Å²) in [6, 6.07) is 10.0. The molecule has 0 saturated carbocycles. The Labute approximate surface area is 218 Å². The Morgan fingerprint density at radius 2 is 2.00 bits per heavy atom. The van der Waals surface area contributed by atoms with Crippen LogP contribution in [0.5, 0.6) is 0 Å². The van der Waals surface area contributed by atoms with Crippen LogP contribution in [0.1, 0.15) is 43.0 Å². The monoisotopic (exact) mass is 507 g/mol. The van der Waals surface area contributed by atoms with Crippen LogP contribution in [-0.2, 0) is 17.8 Å². The third-order valence-corrected chi connectivity index (χ3v) is 6.56. The molecule has 1 aromatic heterocycles. The average molecular weight is 508 g/mol.